The Morgan fingerprint density at radius 1 is 1.19 bits per heavy atom. The van der Waals surface area contributed by atoms with Crippen molar-refractivity contribution in [3.63, 3.8) is 0 Å². The molecule has 90 valence electrons. The number of hydrogen-bond donors (Lipinski definition) is 2. The first-order chi connectivity index (χ1) is 7.44. The van der Waals surface area contributed by atoms with E-state index in [0.29, 0.717) is 18.8 Å². The number of rotatable bonds is 3. The molecule has 3 fully saturated rings. The van der Waals surface area contributed by atoms with Gasteiger partial charge in [0.25, 0.3) is 0 Å². The van der Waals surface area contributed by atoms with E-state index < -0.39 is 11.1 Å². The van der Waals surface area contributed by atoms with Crippen LogP contribution < -0.4 is 10.6 Å². The predicted molar refractivity (Wildman–Crippen MR) is 60.4 cm³/mol. The van der Waals surface area contributed by atoms with Gasteiger partial charge in [-0.05, 0) is 31.6 Å². The highest BCUT2D eigenvalue weighted by Gasteiger charge is 2.58. The van der Waals surface area contributed by atoms with Crippen molar-refractivity contribution in [2.45, 2.75) is 52.1 Å². The van der Waals surface area contributed by atoms with Crippen molar-refractivity contribution >= 4 is 11.8 Å². The zero-order valence-electron chi connectivity index (χ0n) is 10.2. The second-order valence-electron chi connectivity index (χ2n) is 5.52. The molecule has 0 aromatic heterocycles. The summed E-state index contributed by atoms with van der Waals surface area (Å²) in [5, 5.41) is 5.97. The summed E-state index contributed by atoms with van der Waals surface area (Å²) in [7, 11) is 0. The number of fused-ring (bicyclic) bond motifs is 3. The molecule has 0 aliphatic carbocycles. The number of piperidine rings is 2. The average molecular weight is 224 g/mol. The number of amides is 2. The normalized spacial score (nSPS) is 37.5. The zero-order chi connectivity index (χ0) is 12.0. The summed E-state index contributed by atoms with van der Waals surface area (Å²) in [5.41, 5.74) is -1.27. The average Bonchev–Trinajstić information content (AvgIpc) is 2.20. The fourth-order valence-electron chi connectivity index (χ4n) is 2.93. The van der Waals surface area contributed by atoms with Crippen LogP contribution in [-0.2, 0) is 9.59 Å². The van der Waals surface area contributed by atoms with E-state index in [2.05, 4.69) is 10.6 Å². The Labute approximate surface area is 96.2 Å². The molecule has 0 radical (unpaired) electrons. The van der Waals surface area contributed by atoms with E-state index in [1.54, 1.807) is 0 Å². The van der Waals surface area contributed by atoms with Gasteiger partial charge >= 0.3 is 0 Å². The molecular formula is C12H20N2O2. The highest BCUT2D eigenvalue weighted by molar-refractivity contribution is 6.08. The number of carbonyl (C=O) groups excluding carboxylic acids is 2. The lowest BCUT2D eigenvalue weighted by molar-refractivity contribution is -0.161. The van der Waals surface area contributed by atoms with Crippen LogP contribution in [0.5, 0.6) is 0 Å². The zero-order valence-corrected chi connectivity index (χ0v) is 10.2. The first-order valence-corrected chi connectivity index (χ1v) is 6.09. The van der Waals surface area contributed by atoms with Crippen molar-refractivity contribution < 1.29 is 9.59 Å². The van der Waals surface area contributed by atoms with Crippen LogP contribution in [0.4, 0.5) is 0 Å². The quantitative estimate of drug-likeness (QED) is 0.707. The van der Waals surface area contributed by atoms with Gasteiger partial charge in [0.15, 0.2) is 0 Å². The van der Waals surface area contributed by atoms with Crippen LogP contribution in [0, 0.1) is 11.3 Å². The van der Waals surface area contributed by atoms with Crippen molar-refractivity contribution in [3.05, 3.63) is 0 Å². The minimum atomic E-state index is -0.801. The van der Waals surface area contributed by atoms with Gasteiger partial charge in [-0.2, -0.15) is 0 Å². The Morgan fingerprint density at radius 2 is 1.75 bits per heavy atom. The summed E-state index contributed by atoms with van der Waals surface area (Å²) in [6.07, 6.45) is 2.94. The topological polar surface area (TPSA) is 58.2 Å². The Morgan fingerprint density at radius 3 is 2.12 bits per heavy atom. The molecule has 0 unspecified atom stereocenters. The highest BCUT2D eigenvalue weighted by Crippen LogP contribution is 2.43. The van der Waals surface area contributed by atoms with Gasteiger partial charge in [0.1, 0.15) is 11.1 Å². The predicted octanol–water partition coefficient (Wildman–Crippen LogP) is 1.16. The van der Waals surface area contributed by atoms with Crippen LogP contribution in [0.2, 0.25) is 0 Å². The third kappa shape index (κ3) is 1.43. The van der Waals surface area contributed by atoms with Crippen LogP contribution in [-0.4, -0.2) is 17.5 Å². The first kappa shape index (κ1) is 11.4. The van der Waals surface area contributed by atoms with E-state index in [4.69, 9.17) is 0 Å². The molecule has 0 aromatic carbocycles. The van der Waals surface area contributed by atoms with Gasteiger partial charge in [-0.3, -0.25) is 9.59 Å². The van der Waals surface area contributed by atoms with Crippen LogP contribution in [0.15, 0.2) is 0 Å². The molecule has 2 bridgehead atoms. The molecule has 0 saturated carbocycles. The summed E-state index contributed by atoms with van der Waals surface area (Å²) in [6, 6.07) is 0. The van der Waals surface area contributed by atoms with E-state index in [1.165, 1.54) is 0 Å². The van der Waals surface area contributed by atoms with Gasteiger partial charge in [-0.15, -0.1) is 0 Å². The standard InChI is InChI=1S/C12H20N2O2/c1-4-12-6-5-11(7-8(2)3,9(15)13-12)10(16)14-12/h8H,4-7H2,1-3H3,(H,13,15)(H,14,16). The van der Waals surface area contributed by atoms with E-state index in [0.717, 1.165) is 12.8 Å². The maximum atomic E-state index is 12.1. The summed E-state index contributed by atoms with van der Waals surface area (Å²) in [6.45, 7) is 6.08. The van der Waals surface area contributed by atoms with E-state index in [-0.39, 0.29) is 11.8 Å². The number of carbonyl (C=O) groups is 2. The third-order valence-electron chi connectivity index (χ3n) is 3.91. The minimum Gasteiger partial charge on any atom is -0.332 e. The Bertz CT molecular complexity index is 318. The third-order valence-corrected chi connectivity index (χ3v) is 3.91. The number of hydrogen-bond acceptors (Lipinski definition) is 2. The molecule has 3 rings (SSSR count). The van der Waals surface area contributed by atoms with E-state index in [1.807, 2.05) is 20.8 Å². The fraction of sp³-hybridized carbons (Fsp3) is 0.833. The van der Waals surface area contributed by atoms with Gasteiger partial charge < -0.3 is 10.6 Å². The summed E-state index contributed by atoms with van der Waals surface area (Å²) >= 11 is 0. The lowest BCUT2D eigenvalue weighted by atomic mass is 9.66. The molecule has 3 aliphatic heterocycles. The molecular weight excluding hydrogens is 204 g/mol. The van der Waals surface area contributed by atoms with Gasteiger partial charge in [0.05, 0.1) is 0 Å². The lowest BCUT2D eigenvalue weighted by Crippen LogP contribution is -2.76. The van der Waals surface area contributed by atoms with Crippen LogP contribution in [0.1, 0.15) is 46.5 Å². The van der Waals surface area contributed by atoms with Crippen molar-refractivity contribution in [1.29, 1.82) is 0 Å². The maximum Gasteiger partial charge on any atom is 0.237 e. The second kappa shape index (κ2) is 3.47. The summed E-state index contributed by atoms with van der Waals surface area (Å²) in [5.74, 6) is 0.208. The molecule has 2 N–H and O–H groups in total. The van der Waals surface area contributed by atoms with Crippen LogP contribution in [0.25, 0.3) is 0 Å². The Balaban J connectivity index is 2.30. The van der Waals surface area contributed by atoms with Crippen molar-refractivity contribution in [3.8, 4) is 0 Å². The monoisotopic (exact) mass is 224 g/mol. The SMILES string of the molecule is CCC12CCC(CC(C)C)(C(=O)N1)C(=O)N2. The molecule has 4 nitrogen and oxygen atoms in total. The summed E-state index contributed by atoms with van der Waals surface area (Å²) in [4.78, 5) is 24.2. The Hall–Kier alpha value is -1.06. The molecule has 4 heteroatoms. The number of nitrogens with one attached hydrogen (secondary N) is 2. The van der Waals surface area contributed by atoms with Crippen molar-refractivity contribution in [2.75, 3.05) is 0 Å². The molecule has 0 spiro atoms. The van der Waals surface area contributed by atoms with Crippen LogP contribution in [0.3, 0.4) is 0 Å². The maximum absolute atomic E-state index is 12.1. The molecule has 16 heavy (non-hydrogen) atoms. The molecule has 3 heterocycles. The molecule has 0 aromatic rings. The molecule has 0 atom stereocenters. The molecule has 3 saturated heterocycles. The van der Waals surface area contributed by atoms with Crippen molar-refractivity contribution in [2.24, 2.45) is 11.3 Å². The Kier molecular flexibility index (Phi) is 2.48. The van der Waals surface area contributed by atoms with E-state index in [9.17, 15) is 9.59 Å². The van der Waals surface area contributed by atoms with Gasteiger partial charge in [0.2, 0.25) is 11.8 Å². The van der Waals surface area contributed by atoms with Gasteiger partial charge in [-0.1, -0.05) is 20.8 Å². The van der Waals surface area contributed by atoms with Crippen LogP contribution >= 0.6 is 0 Å². The van der Waals surface area contributed by atoms with Gasteiger partial charge in [-0.25, -0.2) is 0 Å². The smallest absolute Gasteiger partial charge is 0.237 e. The van der Waals surface area contributed by atoms with E-state index >= 15 is 0 Å². The second-order valence-corrected chi connectivity index (χ2v) is 5.52. The summed E-state index contributed by atoms with van der Waals surface area (Å²) < 4.78 is 0. The minimum absolute atomic E-state index is 0.0712. The largest absolute Gasteiger partial charge is 0.332 e. The molecule has 2 amide bonds. The fourth-order valence-corrected chi connectivity index (χ4v) is 2.93. The van der Waals surface area contributed by atoms with Crippen molar-refractivity contribution in [1.82, 2.24) is 10.6 Å². The first-order valence-electron chi connectivity index (χ1n) is 6.09. The highest BCUT2D eigenvalue weighted by atomic mass is 16.2. The van der Waals surface area contributed by atoms with Gasteiger partial charge in [0, 0.05) is 0 Å². The molecule has 3 aliphatic rings. The lowest BCUT2D eigenvalue weighted by Gasteiger charge is -2.52.